The van der Waals surface area contributed by atoms with Gasteiger partial charge in [0.2, 0.25) is 5.24 Å². The topological polar surface area (TPSA) is 30.2 Å². The van der Waals surface area contributed by atoms with Crippen molar-refractivity contribution in [1.82, 2.24) is 0 Å². The fourth-order valence-electron chi connectivity index (χ4n) is 1.88. The molecule has 18 heavy (non-hydrogen) atoms. The van der Waals surface area contributed by atoms with Gasteiger partial charge in [0.1, 0.15) is 11.6 Å². The predicted molar refractivity (Wildman–Crippen MR) is 67.0 cm³/mol. The van der Waals surface area contributed by atoms with E-state index in [9.17, 15) is 9.18 Å². The Morgan fingerprint density at radius 3 is 2.72 bits per heavy atom. The third-order valence-corrected chi connectivity index (χ3v) is 3.42. The minimum absolute atomic E-state index is 0.297. The number of carbonyl (C=O) groups excluding carboxylic acids is 1. The molecule has 0 saturated carbocycles. The zero-order valence-electron chi connectivity index (χ0n) is 9.82. The third-order valence-electron chi connectivity index (χ3n) is 3.00. The molecule has 4 heteroatoms. The molecule has 0 aliphatic carbocycles. The van der Waals surface area contributed by atoms with Crippen LogP contribution in [0.3, 0.4) is 0 Å². The van der Waals surface area contributed by atoms with Crippen molar-refractivity contribution in [3.8, 4) is 0 Å². The molecular formula is C14H12ClFO2. The van der Waals surface area contributed by atoms with E-state index in [1.165, 1.54) is 18.4 Å². The number of benzene rings is 1. The van der Waals surface area contributed by atoms with Gasteiger partial charge in [-0.25, -0.2) is 4.39 Å². The summed E-state index contributed by atoms with van der Waals surface area (Å²) in [6.45, 7) is 1.68. The monoisotopic (exact) mass is 266 g/mol. The average molecular weight is 267 g/mol. The highest BCUT2D eigenvalue weighted by molar-refractivity contribution is 6.65. The van der Waals surface area contributed by atoms with Crippen LogP contribution in [-0.2, 0) is 16.6 Å². The second-order valence-electron chi connectivity index (χ2n) is 4.37. The minimum Gasteiger partial charge on any atom is -0.469 e. The van der Waals surface area contributed by atoms with Crippen molar-refractivity contribution in [3.05, 3.63) is 59.8 Å². The van der Waals surface area contributed by atoms with Gasteiger partial charge >= 0.3 is 0 Å². The number of hydrogen-bond acceptors (Lipinski definition) is 2. The molecule has 2 nitrogen and oxygen atoms in total. The lowest BCUT2D eigenvalue weighted by molar-refractivity contribution is -0.116. The Kier molecular flexibility index (Phi) is 3.53. The summed E-state index contributed by atoms with van der Waals surface area (Å²) in [4.78, 5) is 11.7. The smallest absolute Gasteiger partial charge is 0.232 e. The van der Waals surface area contributed by atoms with Crippen LogP contribution in [0.2, 0.25) is 0 Å². The van der Waals surface area contributed by atoms with Gasteiger partial charge in [-0.1, -0.05) is 12.1 Å². The molecule has 0 saturated heterocycles. The van der Waals surface area contributed by atoms with Crippen LogP contribution < -0.4 is 0 Å². The maximum absolute atomic E-state index is 13.3. The quantitative estimate of drug-likeness (QED) is 0.790. The summed E-state index contributed by atoms with van der Waals surface area (Å²) in [7, 11) is 0. The molecule has 94 valence electrons. The lowest BCUT2D eigenvalue weighted by Crippen LogP contribution is -2.31. The Bertz CT molecular complexity index is 551. The Morgan fingerprint density at radius 2 is 2.17 bits per heavy atom. The Hall–Kier alpha value is -1.61. The molecule has 1 aromatic heterocycles. The van der Waals surface area contributed by atoms with Crippen molar-refractivity contribution in [1.29, 1.82) is 0 Å². The molecule has 0 bridgehead atoms. The standard InChI is InChI=1S/C14H12ClFO2/c1-14(13(15)17,9-12-6-3-7-18-12)10-4-2-5-11(16)8-10/h2-8H,9H2,1H3. The fraction of sp³-hybridized carbons (Fsp3) is 0.214. The summed E-state index contributed by atoms with van der Waals surface area (Å²) in [6, 6.07) is 9.40. The predicted octanol–water partition coefficient (Wildman–Crippen LogP) is 3.68. The van der Waals surface area contributed by atoms with Crippen LogP contribution in [0, 0.1) is 5.82 Å². The number of hydrogen-bond donors (Lipinski definition) is 0. The van der Waals surface area contributed by atoms with Crippen LogP contribution in [0.5, 0.6) is 0 Å². The lowest BCUT2D eigenvalue weighted by atomic mass is 9.80. The second-order valence-corrected chi connectivity index (χ2v) is 4.72. The molecule has 1 heterocycles. The zero-order valence-corrected chi connectivity index (χ0v) is 10.6. The highest BCUT2D eigenvalue weighted by Crippen LogP contribution is 2.31. The van der Waals surface area contributed by atoms with Gasteiger partial charge in [-0.2, -0.15) is 0 Å². The van der Waals surface area contributed by atoms with Crippen LogP contribution in [0.15, 0.2) is 47.1 Å². The first-order valence-electron chi connectivity index (χ1n) is 5.51. The van der Waals surface area contributed by atoms with E-state index in [0.29, 0.717) is 17.7 Å². The summed E-state index contributed by atoms with van der Waals surface area (Å²) in [5.41, 5.74) is -0.458. The van der Waals surface area contributed by atoms with Gasteiger partial charge in [0.25, 0.3) is 0 Å². The molecule has 0 fully saturated rings. The molecule has 0 radical (unpaired) electrons. The van der Waals surface area contributed by atoms with E-state index in [0.717, 1.165) is 0 Å². The van der Waals surface area contributed by atoms with E-state index in [2.05, 4.69) is 0 Å². The van der Waals surface area contributed by atoms with Crippen LogP contribution in [0.25, 0.3) is 0 Å². The van der Waals surface area contributed by atoms with Crippen molar-refractivity contribution in [3.63, 3.8) is 0 Å². The number of rotatable bonds is 4. The Morgan fingerprint density at radius 1 is 1.39 bits per heavy atom. The number of halogens is 2. The maximum Gasteiger partial charge on any atom is 0.232 e. The molecule has 0 spiro atoms. The average Bonchev–Trinajstić information content (AvgIpc) is 2.81. The van der Waals surface area contributed by atoms with Gasteiger partial charge in [-0.05, 0) is 48.4 Å². The first kappa shape index (κ1) is 12.8. The number of furan rings is 1. The largest absolute Gasteiger partial charge is 0.469 e. The molecule has 1 aromatic carbocycles. The summed E-state index contributed by atoms with van der Waals surface area (Å²) >= 11 is 5.69. The normalized spacial score (nSPS) is 14.2. The van der Waals surface area contributed by atoms with E-state index in [1.807, 2.05) is 0 Å². The van der Waals surface area contributed by atoms with Crippen molar-refractivity contribution in [2.75, 3.05) is 0 Å². The first-order chi connectivity index (χ1) is 8.52. The zero-order chi connectivity index (χ0) is 13.2. The Labute approximate surface area is 109 Å². The highest BCUT2D eigenvalue weighted by Gasteiger charge is 2.35. The van der Waals surface area contributed by atoms with Crippen LogP contribution in [0.1, 0.15) is 18.2 Å². The first-order valence-corrected chi connectivity index (χ1v) is 5.88. The molecule has 2 aromatic rings. The summed E-state index contributed by atoms with van der Waals surface area (Å²) in [6.07, 6.45) is 1.83. The molecule has 0 aliphatic rings. The van der Waals surface area contributed by atoms with E-state index < -0.39 is 16.5 Å². The summed E-state index contributed by atoms with van der Waals surface area (Å²) < 4.78 is 18.5. The van der Waals surface area contributed by atoms with E-state index in [4.69, 9.17) is 16.0 Å². The molecular weight excluding hydrogens is 255 g/mol. The van der Waals surface area contributed by atoms with Crippen LogP contribution in [-0.4, -0.2) is 5.24 Å². The van der Waals surface area contributed by atoms with Gasteiger partial charge in [-0.15, -0.1) is 0 Å². The van der Waals surface area contributed by atoms with Crippen molar-refractivity contribution >= 4 is 16.8 Å². The van der Waals surface area contributed by atoms with E-state index >= 15 is 0 Å². The molecule has 0 aliphatic heterocycles. The van der Waals surface area contributed by atoms with Gasteiger partial charge in [-0.3, -0.25) is 4.79 Å². The van der Waals surface area contributed by atoms with E-state index in [1.54, 1.807) is 31.2 Å². The van der Waals surface area contributed by atoms with Crippen molar-refractivity contribution in [2.45, 2.75) is 18.8 Å². The highest BCUT2D eigenvalue weighted by atomic mass is 35.5. The van der Waals surface area contributed by atoms with Crippen molar-refractivity contribution in [2.24, 2.45) is 0 Å². The number of carbonyl (C=O) groups is 1. The molecule has 0 amide bonds. The minimum atomic E-state index is -0.999. The fourth-order valence-corrected chi connectivity index (χ4v) is 2.05. The summed E-state index contributed by atoms with van der Waals surface area (Å²) in [5, 5.41) is -0.537. The van der Waals surface area contributed by atoms with Gasteiger partial charge in [0, 0.05) is 6.42 Å². The molecule has 0 N–H and O–H groups in total. The Balaban J connectivity index is 2.41. The lowest BCUT2D eigenvalue weighted by Gasteiger charge is -2.24. The molecule has 1 atom stereocenters. The van der Waals surface area contributed by atoms with Crippen LogP contribution in [0.4, 0.5) is 4.39 Å². The van der Waals surface area contributed by atoms with Crippen LogP contribution >= 0.6 is 11.6 Å². The summed E-state index contributed by atoms with van der Waals surface area (Å²) in [5.74, 6) is 0.242. The van der Waals surface area contributed by atoms with Gasteiger partial charge in [0.05, 0.1) is 11.7 Å². The van der Waals surface area contributed by atoms with Gasteiger partial charge < -0.3 is 4.42 Å². The third kappa shape index (κ3) is 2.46. The molecule has 1 unspecified atom stereocenters. The molecule has 2 rings (SSSR count). The van der Waals surface area contributed by atoms with Gasteiger partial charge in [0.15, 0.2) is 0 Å². The van der Waals surface area contributed by atoms with E-state index in [-0.39, 0.29) is 0 Å². The second kappa shape index (κ2) is 4.94. The van der Waals surface area contributed by atoms with Crippen molar-refractivity contribution < 1.29 is 13.6 Å². The maximum atomic E-state index is 13.3. The SMILES string of the molecule is CC(Cc1ccco1)(C(=O)Cl)c1cccc(F)c1.